The summed E-state index contributed by atoms with van der Waals surface area (Å²) in [5.41, 5.74) is 0. The van der Waals surface area contributed by atoms with Crippen LogP contribution in [0.4, 0.5) is 0 Å². The van der Waals surface area contributed by atoms with Crippen LogP contribution in [0, 0.1) is 0 Å². The van der Waals surface area contributed by atoms with Crippen LogP contribution in [0.5, 0.6) is 0 Å². The van der Waals surface area contributed by atoms with Crippen molar-refractivity contribution in [1.29, 1.82) is 0 Å². The van der Waals surface area contributed by atoms with Crippen molar-refractivity contribution in [3.8, 4) is 0 Å². The maximum absolute atomic E-state index is 8.93. The largest absolute Gasteiger partial charge is 4.00 e. The van der Waals surface area contributed by atoms with E-state index >= 15 is 0 Å². The van der Waals surface area contributed by atoms with E-state index in [-0.39, 0.29) is 64.6 Å². The number of hydrogen-bond donors (Lipinski definition) is 7. The summed E-state index contributed by atoms with van der Waals surface area (Å²) in [5, 5.41) is 43.3. The molecule has 19 N–H and O–H groups in total. The summed E-state index contributed by atoms with van der Waals surface area (Å²) < 4.78 is 0. The monoisotopic (exact) mass is 519 g/mol. The van der Waals surface area contributed by atoms with Gasteiger partial charge in [-0.3, -0.25) is 0 Å². The summed E-state index contributed by atoms with van der Waals surface area (Å²) in [6.07, 6.45) is 0. The molecule has 0 saturated carbocycles. The van der Waals surface area contributed by atoms with Crippen molar-refractivity contribution in [3.63, 3.8) is 0 Å². The third-order valence-electron chi connectivity index (χ3n) is 0.333. The molecule has 0 bridgehead atoms. The molecule has 142 valence electrons. The van der Waals surface area contributed by atoms with Crippen molar-refractivity contribution in [2.24, 2.45) is 0 Å². The molecule has 0 fully saturated rings. The minimum Gasteiger partial charge on any atom is -0.543 e. The molecule has 0 amide bonds. The van der Waals surface area contributed by atoms with Crippen molar-refractivity contribution in [2.45, 2.75) is 6.92 Å². The molecular weight excluding hydrogens is 495 g/mol. The number of aliphatic hydroxyl groups excluding tert-OH is 1. The molecule has 0 saturated heterocycles. The van der Waals surface area contributed by atoms with E-state index in [9.17, 15) is 0 Å². The Morgan fingerprint density at radius 1 is 0.636 bits per heavy atom. The number of rotatable bonds is 0. The van der Waals surface area contributed by atoms with Gasteiger partial charge >= 0.3 is 21.1 Å². The molecule has 0 rings (SSSR count). The first-order valence-electron chi connectivity index (χ1n) is 3.16. The van der Waals surface area contributed by atoms with E-state index in [1.165, 1.54) is 0 Å². The van der Waals surface area contributed by atoms with Gasteiger partial charge in [-0.05, 0) is 6.92 Å². The van der Waals surface area contributed by atoms with Crippen molar-refractivity contribution >= 4 is 23.9 Å². The van der Waals surface area contributed by atoms with E-state index in [1.54, 1.807) is 6.92 Å². The van der Waals surface area contributed by atoms with Gasteiger partial charge in [-0.1, -0.05) is 0 Å². The quantitative estimate of drug-likeness (QED) is 0.146. The first-order chi connectivity index (χ1) is 6.70. The number of carboxylic acids is 4. The molecule has 0 spiro atoms. The maximum atomic E-state index is 8.93. The minimum atomic E-state index is -2.19. The number of hydrogen-bond acceptors (Lipinski definition) is 15. The third kappa shape index (κ3) is 138. The van der Waals surface area contributed by atoms with Gasteiger partial charge in [0.15, 0.2) is 0 Å². The zero-order valence-corrected chi connectivity index (χ0v) is 14.3. The summed E-state index contributed by atoms with van der Waals surface area (Å²) >= 11 is 0. The molecule has 0 unspecified atom stereocenters. The zero-order chi connectivity index (χ0) is 13.0. The fourth-order valence-electron chi connectivity index (χ4n) is 0. The van der Waals surface area contributed by atoms with Gasteiger partial charge in [-0.25, -0.2) is 0 Å². The molecule has 0 aliphatic rings. The summed E-state index contributed by atoms with van der Waals surface area (Å²) in [6.45, 7) is 1.93. The SMILES string of the molecule is CCO.N.N.N.N.N.N.O=C([O-])C(=O)[O-].O=C([O-])C(=O)[O-].[Pt+4]. The zero-order valence-electron chi connectivity index (χ0n) is 12.0. The average Bonchev–Trinajstić information content (AvgIpc) is 2.06. The molecule has 0 aromatic carbocycles. The Balaban J connectivity index is -0.0000000110. The van der Waals surface area contributed by atoms with Crippen LogP contribution in [-0.2, 0) is 40.2 Å². The molecule has 22 heavy (non-hydrogen) atoms. The summed E-state index contributed by atoms with van der Waals surface area (Å²) in [5.74, 6) is -8.74. The van der Waals surface area contributed by atoms with E-state index in [1.807, 2.05) is 0 Å². The topological polar surface area (TPSA) is 391 Å². The van der Waals surface area contributed by atoms with Gasteiger partial charge in [0.25, 0.3) is 0 Å². The second-order valence-corrected chi connectivity index (χ2v) is 1.47. The normalized spacial score (nSPS) is 4.82. The van der Waals surface area contributed by atoms with E-state index in [0.717, 1.165) is 0 Å². The summed E-state index contributed by atoms with van der Waals surface area (Å²) in [4.78, 5) is 35.7. The Labute approximate surface area is 140 Å². The van der Waals surface area contributed by atoms with Gasteiger partial charge < -0.3 is 81.6 Å². The molecule has 0 radical (unpaired) electrons. The van der Waals surface area contributed by atoms with Crippen LogP contribution in [0.25, 0.3) is 0 Å². The average molecular weight is 519 g/mol. The van der Waals surface area contributed by atoms with Gasteiger partial charge in [0.05, 0.1) is 23.9 Å². The minimum absolute atomic E-state index is 0. The fourth-order valence-corrected chi connectivity index (χ4v) is 0. The first-order valence-corrected chi connectivity index (χ1v) is 3.16. The maximum Gasteiger partial charge on any atom is 4.00 e. The first kappa shape index (κ1) is 71.3. The Kier molecular flexibility index (Phi) is 164. The van der Waals surface area contributed by atoms with E-state index in [2.05, 4.69) is 0 Å². The summed E-state index contributed by atoms with van der Waals surface area (Å²) in [6, 6.07) is 0. The van der Waals surface area contributed by atoms with Gasteiger partial charge in [0.2, 0.25) is 0 Å². The molecule has 0 aliphatic carbocycles. The summed E-state index contributed by atoms with van der Waals surface area (Å²) in [7, 11) is 0. The van der Waals surface area contributed by atoms with Crippen molar-refractivity contribution in [2.75, 3.05) is 6.61 Å². The van der Waals surface area contributed by atoms with Crippen molar-refractivity contribution in [1.82, 2.24) is 36.9 Å². The Morgan fingerprint density at radius 2 is 0.682 bits per heavy atom. The second-order valence-electron chi connectivity index (χ2n) is 1.47. The molecule has 0 atom stereocenters. The molecule has 0 aliphatic heterocycles. The molecule has 15 nitrogen and oxygen atoms in total. The van der Waals surface area contributed by atoms with E-state index in [4.69, 9.17) is 44.7 Å². The second kappa shape index (κ2) is 50.6. The Bertz CT molecular complexity index is 207. The third-order valence-corrected chi connectivity index (χ3v) is 0.333. The number of carbonyl (C=O) groups is 4. The van der Waals surface area contributed by atoms with Crippen LogP contribution in [0.1, 0.15) is 6.92 Å². The molecule has 0 aromatic rings. The van der Waals surface area contributed by atoms with Gasteiger partial charge in [0, 0.05) is 6.61 Å². The van der Waals surface area contributed by atoms with Crippen LogP contribution in [0.15, 0.2) is 0 Å². The van der Waals surface area contributed by atoms with Crippen LogP contribution < -0.4 is 57.3 Å². The van der Waals surface area contributed by atoms with Crippen LogP contribution >= 0.6 is 0 Å². The van der Waals surface area contributed by atoms with Crippen molar-refractivity contribution < 1.29 is 65.8 Å². The van der Waals surface area contributed by atoms with Gasteiger partial charge in [-0.15, -0.1) is 0 Å². The van der Waals surface area contributed by atoms with Crippen LogP contribution in [0.2, 0.25) is 0 Å². The number of carboxylic acid groups (broad SMARTS) is 4. The molecule has 0 heterocycles. The Morgan fingerprint density at radius 3 is 0.682 bits per heavy atom. The predicted octanol–water partition coefficient (Wildman–Crippen LogP) is -6.06. The van der Waals surface area contributed by atoms with Gasteiger partial charge in [-0.2, -0.15) is 0 Å². The van der Waals surface area contributed by atoms with Gasteiger partial charge in [0.1, 0.15) is 0 Å². The number of carbonyl (C=O) groups excluding carboxylic acids is 4. The Hall–Kier alpha value is -1.71. The van der Waals surface area contributed by atoms with Crippen LogP contribution in [-0.4, -0.2) is 35.6 Å². The number of aliphatic carboxylic acids is 4. The van der Waals surface area contributed by atoms with Crippen LogP contribution in [0.3, 0.4) is 0 Å². The molecular formula is C6H24N6O9Pt. The van der Waals surface area contributed by atoms with E-state index < -0.39 is 23.9 Å². The number of aliphatic hydroxyl groups is 1. The standard InChI is InChI=1S/2C2H2O4.C2H6O.6H3N.Pt/c2*3-1(4)2(5)6;1-2-3;;;;;;;/h2*(H,3,4)(H,5,6);3H,2H2,1H3;6*1H3;/q;;;;;;;;;+4/p-4. The van der Waals surface area contributed by atoms with E-state index in [0.29, 0.717) is 0 Å². The van der Waals surface area contributed by atoms with Crippen molar-refractivity contribution in [3.05, 3.63) is 0 Å². The predicted molar refractivity (Wildman–Crippen MR) is 62.9 cm³/mol. The fraction of sp³-hybridized carbons (Fsp3) is 0.333. The molecule has 0 aromatic heterocycles. The smallest absolute Gasteiger partial charge is 0.543 e. The molecule has 16 heteroatoms.